The Balaban J connectivity index is 0.000000200. The number of carbonyl (C=O) groups excluding carboxylic acids is 1. The lowest BCUT2D eigenvalue weighted by atomic mass is 9.73. The first-order chi connectivity index (χ1) is 31.7. The van der Waals surface area contributed by atoms with E-state index in [0.29, 0.717) is 35.3 Å². The van der Waals surface area contributed by atoms with Crippen LogP contribution in [0.5, 0.6) is 5.88 Å². The zero-order valence-electron chi connectivity index (χ0n) is 38.1. The van der Waals surface area contributed by atoms with Gasteiger partial charge in [0.1, 0.15) is 29.3 Å². The van der Waals surface area contributed by atoms with Gasteiger partial charge in [-0.05, 0) is 81.9 Å². The van der Waals surface area contributed by atoms with Crippen LogP contribution in [0.2, 0.25) is 19.6 Å². The van der Waals surface area contributed by atoms with Crippen molar-refractivity contribution in [2.75, 3.05) is 24.0 Å². The first-order valence-electron chi connectivity index (χ1n) is 22.1. The molecule has 0 spiro atoms. The van der Waals surface area contributed by atoms with Gasteiger partial charge in [-0.2, -0.15) is 23.5 Å². The molecule has 5 aromatic rings. The maximum Gasteiger partial charge on any atom is 0.407 e. The number of alkyl halides is 2. The van der Waals surface area contributed by atoms with E-state index in [4.69, 9.17) is 38.4 Å². The zero-order valence-corrected chi connectivity index (χ0v) is 44.4. The number of halogens is 5. The van der Waals surface area contributed by atoms with Gasteiger partial charge in [-0.15, -0.1) is 45.0 Å². The highest BCUT2D eigenvalue weighted by molar-refractivity contribution is 14.1. The summed E-state index contributed by atoms with van der Waals surface area (Å²) in [6, 6.07) is 15.9. The lowest BCUT2D eigenvalue weighted by molar-refractivity contribution is 0.101. The molecule has 2 atom stereocenters. The Labute approximate surface area is 422 Å². The Bertz CT molecular complexity index is 2500. The monoisotopic (exact) mass is 1130 g/mol. The highest BCUT2D eigenvalue weighted by Crippen LogP contribution is 2.56. The number of benzene rings is 1. The number of rotatable bonds is 10. The third kappa shape index (κ3) is 14.2. The van der Waals surface area contributed by atoms with E-state index in [-0.39, 0.29) is 54.7 Å². The molecule has 0 radical (unpaired) electrons. The molecule has 2 aliphatic carbocycles. The number of nitrogens with zero attached hydrogens (tertiary/aromatic N) is 3. The average molecular weight is 1130 g/mol. The summed E-state index contributed by atoms with van der Waals surface area (Å²) in [6.07, 6.45) is 7.67. The largest absolute Gasteiger partial charge is 0.481 e. The fraction of sp³-hybridized carbons (Fsp3) is 0.511. The molecule has 6 fully saturated rings. The van der Waals surface area contributed by atoms with E-state index in [1.54, 1.807) is 41.7 Å². The number of hydrogen-bond acceptors (Lipinski definition) is 12. The molecule has 364 valence electrons. The average Bonchev–Trinajstić information content (AvgIpc) is 3.29. The van der Waals surface area contributed by atoms with Gasteiger partial charge < -0.3 is 35.7 Å². The minimum Gasteiger partial charge on any atom is -0.481 e. The molecular formula is C47H59Cl2F2IN6O6S2Si. The number of nitrogens with two attached hydrogens (primary N) is 1. The molecule has 67 heavy (non-hydrogen) atoms. The van der Waals surface area contributed by atoms with Crippen LogP contribution < -0.4 is 21.3 Å². The number of aliphatic hydroxyl groups is 2. The van der Waals surface area contributed by atoms with Gasteiger partial charge in [-0.1, -0.05) is 50.0 Å². The Morgan fingerprint density at radius 2 is 1.40 bits per heavy atom. The number of carbonyl (C=O) groups is 1. The summed E-state index contributed by atoms with van der Waals surface area (Å²) >= 11 is 15.6. The summed E-state index contributed by atoms with van der Waals surface area (Å²) in [5.74, 6) is 0.798. The van der Waals surface area contributed by atoms with Crippen molar-refractivity contribution in [2.45, 2.75) is 123 Å². The Kier molecular flexibility index (Phi) is 18.3. The van der Waals surface area contributed by atoms with E-state index >= 15 is 0 Å². The van der Waals surface area contributed by atoms with Gasteiger partial charge in [0.25, 0.3) is 0 Å². The lowest BCUT2D eigenvalue weighted by Gasteiger charge is -2.53. The number of methoxy groups -OCH3 is 1. The molecule has 11 rings (SSSR count). The number of alkyl carbamates (subject to hydrolysis) is 1. The first-order valence-corrected chi connectivity index (χ1v) is 31.8. The highest BCUT2D eigenvalue weighted by atomic mass is 127. The smallest absolute Gasteiger partial charge is 0.407 e. The van der Waals surface area contributed by atoms with Crippen molar-refractivity contribution in [1.29, 1.82) is 0 Å². The van der Waals surface area contributed by atoms with Gasteiger partial charge in [0.15, 0.2) is 0 Å². The number of ether oxygens (including phenoxy) is 2. The van der Waals surface area contributed by atoms with Gasteiger partial charge >= 0.3 is 6.09 Å². The molecule has 12 nitrogen and oxygen atoms in total. The summed E-state index contributed by atoms with van der Waals surface area (Å²) in [5, 5.41) is 25.2. The van der Waals surface area contributed by atoms with Crippen LogP contribution in [0.25, 0.3) is 22.1 Å². The third-order valence-corrected chi connectivity index (χ3v) is 16.4. The topological polar surface area (TPSA) is 186 Å². The van der Waals surface area contributed by atoms with Gasteiger partial charge in [0, 0.05) is 49.8 Å². The third-order valence-electron chi connectivity index (χ3n) is 12.6. The Hall–Kier alpha value is -2.82. The van der Waals surface area contributed by atoms with E-state index in [1.165, 1.54) is 13.2 Å². The van der Waals surface area contributed by atoms with Gasteiger partial charge in [-0.25, -0.2) is 18.6 Å². The number of nitrogens with one attached hydrogen (secondary N) is 2. The van der Waals surface area contributed by atoms with Gasteiger partial charge in [0.2, 0.25) is 11.4 Å². The molecular weight excluding hydrogens is 1070 g/mol. The minimum absolute atomic E-state index is 0.0579. The molecule has 6 N–H and O–H groups in total. The van der Waals surface area contributed by atoms with Crippen LogP contribution in [-0.4, -0.2) is 86.3 Å². The zero-order chi connectivity index (χ0) is 48.6. The predicted octanol–water partition coefficient (Wildman–Crippen LogP) is 10.8. The number of fused-ring (bicyclic) bond motifs is 8. The molecule has 8 heterocycles. The Morgan fingerprint density at radius 3 is 1.96 bits per heavy atom. The van der Waals surface area contributed by atoms with E-state index in [1.807, 2.05) is 30.3 Å². The van der Waals surface area contributed by atoms with Gasteiger partial charge in [-0.3, -0.25) is 14.8 Å². The molecule has 4 aromatic heterocycles. The van der Waals surface area contributed by atoms with E-state index in [9.17, 15) is 28.6 Å². The second-order valence-electron chi connectivity index (χ2n) is 18.7. The van der Waals surface area contributed by atoms with Gasteiger partial charge in [0.05, 0.1) is 59.1 Å². The highest BCUT2D eigenvalue weighted by Gasteiger charge is 2.51. The molecule has 20 heteroatoms. The fourth-order valence-electron chi connectivity index (χ4n) is 9.02. The molecule has 4 bridgehead atoms. The summed E-state index contributed by atoms with van der Waals surface area (Å²) in [7, 11) is 1.49. The minimum atomic E-state index is -1.03. The van der Waals surface area contributed by atoms with Crippen LogP contribution in [0.4, 0.5) is 13.6 Å². The number of hydrogen-bond donors (Lipinski definition) is 5. The number of pyridine rings is 4. The van der Waals surface area contributed by atoms with Crippen molar-refractivity contribution in [3.05, 3.63) is 106 Å². The fourth-order valence-corrected chi connectivity index (χ4v) is 12.4. The van der Waals surface area contributed by atoms with Crippen LogP contribution in [0.1, 0.15) is 93.1 Å². The van der Waals surface area contributed by atoms with Crippen molar-refractivity contribution in [3.8, 4) is 5.88 Å². The molecule has 4 saturated heterocycles. The number of H-pyrrole nitrogens is 1. The number of amides is 1. The maximum atomic E-state index is 14.8. The number of aromatic amines is 1. The number of aliphatic hydroxyl groups excluding tert-OH is 2. The summed E-state index contributed by atoms with van der Waals surface area (Å²) in [4.78, 5) is 39.2. The molecule has 1 aromatic carbocycles. The first kappa shape index (κ1) is 53.5. The summed E-state index contributed by atoms with van der Waals surface area (Å²) in [6.45, 7) is 7.17. The van der Waals surface area contributed by atoms with E-state index in [2.05, 4.69) is 66.7 Å². The normalized spacial score (nSPS) is 24.8. The molecule has 2 saturated carbocycles. The SMILES string of the molecule is COc1ccc2ncc(F)c(C(O)CC34CCC(NC(=O)OCc5ccccc5)(CC3)CS4)c2n1.C[Si](C)(C)I.ClCCl.NC12CCC(CC(O)c3c(F)cnc4ccc(=O)[nH]c34)(CC1)SC2. The van der Waals surface area contributed by atoms with Crippen molar-refractivity contribution < 1.29 is 33.3 Å². The van der Waals surface area contributed by atoms with Crippen LogP contribution >= 0.6 is 68.5 Å². The van der Waals surface area contributed by atoms with Crippen molar-refractivity contribution in [3.63, 3.8) is 0 Å². The number of thioether (sulfide) groups is 2. The summed E-state index contributed by atoms with van der Waals surface area (Å²) < 4.78 is 39.6. The molecule has 2 unspecified atom stereocenters. The standard InChI is InChI=1S/C26H28FN3O4S.C17H20FN3O2S.C3H9ISi.CH2Cl2/c1-33-21-8-7-19-23(29-21)22(18(27)14-28-19)20(31)13-26-11-9-25(10-12-26,16-35-26)30-24(32)34-15-17-5-3-2-4-6-17;18-10-8-20-11-1-2-13(23)21-15(11)14(10)12(22)7-17-5-3-16(19,4-6-17)9-24-17;1-5(2,3)4;2-1-3/h2-8,14,20,31H,9-13,15-16H2,1H3,(H,30,32);1-2,8,12,22H,3-7,9,19H2,(H,21,23);1-3H3;1H2. The van der Waals surface area contributed by atoms with Crippen LogP contribution in [0.3, 0.4) is 0 Å². The van der Waals surface area contributed by atoms with Crippen LogP contribution in [0.15, 0.2) is 71.8 Å². The second kappa shape index (κ2) is 22.9. The molecule has 4 aliphatic heterocycles. The van der Waals surface area contributed by atoms with Crippen molar-refractivity contribution >= 4 is 102 Å². The van der Waals surface area contributed by atoms with Crippen molar-refractivity contribution in [1.82, 2.24) is 25.3 Å². The lowest BCUT2D eigenvalue weighted by Crippen LogP contribution is -2.59. The quantitative estimate of drug-likeness (QED) is 0.0386. The maximum absolute atomic E-state index is 14.8. The number of aromatic nitrogens is 4. The van der Waals surface area contributed by atoms with Crippen LogP contribution in [-0.2, 0) is 11.3 Å². The summed E-state index contributed by atoms with van der Waals surface area (Å²) in [5.41, 5.74) is 7.80. The second-order valence-corrected chi connectivity index (χ2v) is 36.3. The molecule has 6 aliphatic rings. The van der Waals surface area contributed by atoms with E-state index in [0.717, 1.165) is 80.8 Å². The predicted molar refractivity (Wildman–Crippen MR) is 278 cm³/mol. The van der Waals surface area contributed by atoms with Crippen molar-refractivity contribution in [2.24, 2.45) is 5.73 Å². The molecule has 1 amide bonds. The Morgan fingerprint density at radius 1 is 0.866 bits per heavy atom. The van der Waals surface area contributed by atoms with Crippen LogP contribution in [0, 0.1) is 11.6 Å². The van der Waals surface area contributed by atoms with E-state index < -0.39 is 35.5 Å².